The van der Waals surface area contributed by atoms with Crippen molar-refractivity contribution in [2.24, 2.45) is 0 Å². The minimum Gasteiger partial charge on any atom is -0.369 e. The quantitative estimate of drug-likeness (QED) is 0.803. The lowest BCUT2D eigenvalue weighted by molar-refractivity contribution is -0.136. The minimum atomic E-state index is -0.793. The first-order valence-corrected chi connectivity index (χ1v) is 5.86. The highest BCUT2D eigenvalue weighted by Gasteiger charge is 2.32. The predicted octanol–water partition coefficient (Wildman–Crippen LogP) is 2.77. The van der Waals surface area contributed by atoms with E-state index in [1.807, 2.05) is 38.1 Å². The van der Waals surface area contributed by atoms with Gasteiger partial charge in [0.25, 0.3) is 5.91 Å². The van der Waals surface area contributed by atoms with Gasteiger partial charge in [0.15, 0.2) is 0 Å². The number of rotatable bonds is 4. The number of likely N-dealkylation sites (N-methyl/N-ethyl adjacent to an activating group) is 1. The van der Waals surface area contributed by atoms with Crippen molar-refractivity contribution in [3.63, 3.8) is 0 Å². The summed E-state index contributed by atoms with van der Waals surface area (Å²) in [5.41, 5.74) is 1.25. The Morgan fingerprint density at radius 2 is 1.94 bits per heavy atom. The lowest BCUT2D eigenvalue weighted by Crippen LogP contribution is -2.46. The van der Waals surface area contributed by atoms with Crippen molar-refractivity contribution in [3.8, 4) is 0 Å². The van der Waals surface area contributed by atoms with Gasteiger partial charge in [-0.3, -0.25) is 4.79 Å². The van der Waals surface area contributed by atoms with Gasteiger partial charge in [-0.2, -0.15) is 0 Å². The van der Waals surface area contributed by atoms with Crippen LogP contribution in [0.15, 0.2) is 24.3 Å². The molecular weight excluding hydrogens is 214 g/mol. The molecule has 0 aliphatic heterocycles. The number of hydrogen-bond acceptors (Lipinski definition) is 2. The fourth-order valence-electron chi connectivity index (χ4n) is 1.70. The van der Waals surface area contributed by atoms with Crippen LogP contribution in [0.5, 0.6) is 0 Å². The van der Waals surface area contributed by atoms with Gasteiger partial charge in [-0.25, -0.2) is 0 Å². The molecule has 0 saturated heterocycles. The summed E-state index contributed by atoms with van der Waals surface area (Å²) in [4.78, 5) is 14.1. The van der Waals surface area contributed by atoms with Gasteiger partial charge in [0.05, 0.1) is 0 Å². The van der Waals surface area contributed by atoms with Crippen molar-refractivity contribution in [1.29, 1.82) is 0 Å². The summed E-state index contributed by atoms with van der Waals surface area (Å²) in [6.07, 6.45) is 0. The van der Waals surface area contributed by atoms with Crippen LogP contribution in [0.25, 0.3) is 0 Å². The van der Waals surface area contributed by atoms with Crippen LogP contribution in [0.1, 0.15) is 26.3 Å². The van der Waals surface area contributed by atoms with Crippen LogP contribution in [0.3, 0.4) is 0 Å². The number of nitrogens with zero attached hydrogens (tertiary/aromatic N) is 1. The lowest BCUT2D eigenvalue weighted by atomic mass is 10.1. The third kappa shape index (κ3) is 2.86. The smallest absolute Gasteiger partial charge is 0.258 e. The monoisotopic (exact) mass is 235 g/mol. The molecule has 0 spiro atoms. The van der Waals surface area contributed by atoms with Crippen molar-refractivity contribution in [1.82, 2.24) is 0 Å². The number of amides is 1. The molecule has 0 aromatic heterocycles. The van der Waals surface area contributed by atoms with E-state index in [1.165, 1.54) is 0 Å². The Balaban J connectivity index is 3.09. The Kier molecular flexibility index (Phi) is 4.29. The van der Waals surface area contributed by atoms with Crippen LogP contribution in [0.4, 0.5) is 5.69 Å². The molecule has 1 aromatic carbocycles. The van der Waals surface area contributed by atoms with Gasteiger partial charge in [0, 0.05) is 19.3 Å². The first-order valence-electron chi connectivity index (χ1n) is 5.86. The molecule has 0 bridgehead atoms. The number of carbonyl (C=O) groups is 1. The van der Waals surface area contributed by atoms with Crippen molar-refractivity contribution >= 4 is 11.6 Å². The molecule has 0 heterocycles. The highest BCUT2D eigenvalue weighted by Crippen LogP contribution is 2.23. The normalized spacial score (nSPS) is 11.4. The zero-order valence-electron chi connectivity index (χ0n) is 11.3. The first kappa shape index (κ1) is 13.7. The van der Waals surface area contributed by atoms with E-state index in [9.17, 15) is 4.79 Å². The number of hydrogen-bond donors (Lipinski definition) is 0. The van der Waals surface area contributed by atoms with E-state index in [2.05, 4.69) is 0 Å². The summed E-state index contributed by atoms with van der Waals surface area (Å²) >= 11 is 0. The molecule has 0 atom stereocenters. The average molecular weight is 235 g/mol. The van der Waals surface area contributed by atoms with E-state index in [0.717, 1.165) is 11.3 Å². The summed E-state index contributed by atoms with van der Waals surface area (Å²) in [5.74, 6) is -0.0169. The van der Waals surface area contributed by atoms with E-state index in [1.54, 1.807) is 25.9 Å². The Hall–Kier alpha value is -1.35. The molecule has 0 saturated carbocycles. The maximum Gasteiger partial charge on any atom is 0.258 e. The first-order chi connectivity index (χ1) is 7.94. The van der Waals surface area contributed by atoms with Crippen LogP contribution in [0.2, 0.25) is 0 Å². The lowest BCUT2D eigenvalue weighted by Gasteiger charge is -2.31. The number of anilines is 1. The maximum absolute atomic E-state index is 12.4. The van der Waals surface area contributed by atoms with E-state index >= 15 is 0 Å². The maximum atomic E-state index is 12.4. The summed E-state index contributed by atoms with van der Waals surface area (Å²) in [7, 11) is 1.56. The highest BCUT2D eigenvalue weighted by atomic mass is 16.5. The number of aryl methyl sites for hydroxylation is 1. The fraction of sp³-hybridized carbons (Fsp3) is 0.500. The number of benzene rings is 1. The largest absolute Gasteiger partial charge is 0.369 e. The minimum absolute atomic E-state index is 0.0169. The molecule has 0 N–H and O–H groups in total. The van der Waals surface area contributed by atoms with Crippen molar-refractivity contribution in [2.75, 3.05) is 18.6 Å². The second kappa shape index (κ2) is 5.32. The van der Waals surface area contributed by atoms with Gasteiger partial charge in [-0.1, -0.05) is 18.2 Å². The van der Waals surface area contributed by atoms with E-state index < -0.39 is 5.60 Å². The number of carbonyl (C=O) groups excluding carboxylic acids is 1. The molecule has 1 amide bonds. The van der Waals surface area contributed by atoms with Crippen LogP contribution in [-0.2, 0) is 9.53 Å². The topological polar surface area (TPSA) is 29.5 Å². The zero-order valence-corrected chi connectivity index (χ0v) is 11.3. The number of ether oxygens (including phenoxy) is 1. The Labute approximate surface area is 103 Å². The SMILES string of the molecule is CCN(C(=O)C(C)(C)OC)c1ccccc1C. The fourth-order valence-corrected chi connectivity index (χ4v) is 1.70. The molecule has 0 aliphatic carbocycles. The summed E-state index contributed by atoms with van der Waals surface area (Å²) < 4.78 is 5.25. The standard InChI is InChI=1S/C14H21NO2/c1-6-15(13(16)14(3,4)17-5)12-10-8-7-9-11(12)2/h7-10H,6H2,1-5H3. The van der Waals surface area contributed by atoms with Gasteiger partial charge in [-0.05, 0) is 39.3 Å². The van der Waals surface area contributed by atoms with Crippen LogP contribution >= 0.6 is 0 Å². The van der Waals surface area contributed by atoms with Crippen molar-refractivity contribution < 1.29 is 9.53 Å². The van der Waals surface area contributed by atoms with Crippen molar-refractivity contribution in [2.45, 2.75) is 33.3 Å². The molecule has 1 aromatic rings. The third-order valence-corrected chi connectivity index (χ3v) is 2.99. The van der Waals surface area contributed by atoms with Crippen LogP contribution in [0, 0.1) is 6.92 Å². The van der Waals surface area contributed by atoms with Gasteiger partial charge < -0.3 is 9.64 Å². The molecule has 0 radical (unpaired) electrons. The van der Waals surface area contributed by atoms with Gasteiger partial charge in [-0.15, -0.1) is 0 Å². The van der Waals surface area contributed by atoms with Crippen LogP contribution < -0.4 is 4.90 Å². The van der Waals surface area contributed by atoms with E-state index in [4.69, 9.17) is 4.74 Å². The van der Waals surface area contributed by atoms with Crippen molar-refractivity contribution in [3.05, 3.63) is 29.8 Å². The highest BCUT2D eigenvalue weighted by molar-refractivity contribution is 5.99. The zero-order chi connectivity index (χ0) is 13.1. The molecule has 17 heavy (non-hydrogen) atoms. The molecular formula is C14H21NO2. The third-order valence-electron chi connectivity index (χ3n) is 2.99. The number of para-hydroxylation sites is 1. The Bertz CT molecular complexity index is 399. The summed E-state index contributed by atoms with van der Waals surface area (Å²) in [6, 6.07) is 7.88. The summed E-state index contributed by atoms with van der Waals surface area (Å²) in [5, 5.41) is 0. The molecule has 94 valence electrons. The summed E-state index contributed by atoms with van der Waals surface area (Å²) in [6.45, 7) is 8.18. The van der Waals surface area contributed by atoms with Gasteiger partial charge in [0.2, 0.25) is 0 Å². The van der Waals surface area contributed by atoms with E-state index in [0.29, 0.717) is 6.54 Å². The second-order valence-electron chi connectivity index (χ2n) is 4.55. The average Bonchev–Trinajstić information content (AvgIpc) is 2.32. The Morgan fingerprint density at radius 3 is 2.41 bits per heavy atom. The van der Waals surface area contributed by atoms with Gasteiger partial charge in [0.1, 0.15) is 5.60 Å². The Morgan fingerprint density at radius 1 is 1.35 bits per heavy atom. The molecule has 3 heteroatoms. The molecule has 0 unspecified atom stereocenters. The predicted molar refractivity (Wildman–Crippen MR) is 70.3 cm³/mol. The van der Waals surface area contributed by atoms with Crippen LogP contribution in [-0.4, -0.2) is 25.2 Å². The second-order valence-corrected chi connectivity index (χ2v) is 4.55. The van der Waals surface area contributed by atoms with E-state index in [-0.39, 0.29) is 5.91 Å². The molecule has 1 rings (SSSR count). The molecule has 3 nitrogen and oxygen atoms in total. The number of methoxy groups -OCH3 is 1. The van der Waals surface area contributed by atoms with Gasteiger partial charge >= 0.3 is 0 Å². The molecule has 0 aliphatic rings. The molecule has 0 fully saturated rings.